The molecule has 0 aliphatic heterocycles. The first-order valence-corrected chi connectivity index (χ1v) is 10.6. The van der Waals surface area contributed by atoms with Crippen LogP contribution in [0, 0.1) is 0 Å². The largest absolute Gasteiger partial charge is 0.360 e. The van der Waals surface area contributed by atoms with Gasteiger partial charge >= 0.3 is 0 Å². The molecule has 3 rings (SSSR count). The van der Waals surface area contributed by atoms with Gasteiger partial charge in [-0.3, -0.25) is 4.79 Å². The van der Waals surface area contributed by atoms with E-state index in [1.807, 2.05) is 6.07 Å². The van der Waals surface area contributed by atoms with Gasteiger partial charge in [0, 0.05) is 35.1 Å². The summed E-state index contributed by atoms with van der Waals surface area (Å²) in [6.45, 7) is 6.73. The molecule has 1 aliphatic carbocycles. The zero-order chi connectivity index (χ0) is 21.0. The molecule has 7 nitrogen and oxygen atoms in total. The first-order valence-electron chi connectivity index (χ1n) is 10.2. The predicted octanol–water partition coefficient (Wildman–Crippen LogP) is 3.55. The number of halogens is 1. The van der Waals surface area contributed by atoms with Crippen molar-refractivity contribution in [2.24, 2.45) is 0 Å². The number of anilines is 2. The standard InChI is InChI=1S/C21H31ClN6O/c1-21(2,3)28-15-8-6-14(7-9-15)25-18(29)12-24-19-16-11-13(22)5-10-17(16)26-20(23-4)27-19/h5,10-11,14-15,28H,6-9,12H2,1-4H3,(H,25,29)(H2,23,24,26,27). The maximum Gasteiger partial charge on any atom is 0.239 e. The number of aromatic nitrogens is 2. The summed E-state index contributed by atoms with van der Waals surface area (Å²) in [5.74, 6) is 1.06. The maximum atomic E-state index is 12.5. The van der Waals surface area contributed by atoms with Gasteiger partial charge in [0.05, 0.1) is 12.1 Å². The third-order valence-corrected chi connectivity index (χ3v) is 5.26. The Morgan fingerprint density at radius 2 is 1.83 bits per heavy atom. The molecule has 1 aliphatic rings. The van der Waals surface area contributed by atoms with Crippen LogP contribution >= 0.6 is 11.6 Å². The van der Waals surface area contributed by atoms with Gasteiger partial charge in [0.2, 0.25) is 11.9 Å². The summed E-state index contributed by atoms with van der Waals surface area (Å²) in [5, 5.41) is 14.3. The summed E-state index contributed by atoms with van der Waals surface area (Å²) in [6.07, 6.45) is 4.15. The molecule has 1 heterocycles. The zero-order valence-electron chi connectivity index (χ0n) is 17.6. The van der Waals surface area contributed by atoms with E-state index >= 15 is 0 Å². The Morgan fingerprint density at radius 1 is 1.14 bits per heavy atom. The summed E-state index contributed by atoms with van der Waals surface area (Å²) in [7, 11) is 1.76. The monoisotopic (exact) mass is 418 g/mol. The number of nitrogens with one attached hydrogen (secondary N) is 4. The van der Waals surface area contributed by atoms with Crippen molar-refractivity contribution in [2.75, 3.05) is 24.2 Å². The van der Waals surface area contributed by atoms with Crippen LogP contribution in [-0.2, 0) is 4.79 Å². The number of amides is 1. The van der Waals surface area contributed by atoms with Crippen LogP contribution < -0.4 is 21.3 Å². The van der Waals surface area contributed by atoms with E-state index < -0.39 is 0 Å². The highest BCUT2D eigenvalue weighted by atomic mass is 35.5. The van der Waals surface area contributed by atoms with Crippen LogP contribution in [0.2, 0.25) is 5.02 Å². The Hall–Kier alpha value is -2.12. The van der Waals surface area contributed by atoms with E-state index in [0.29, 0.717) is 22.8 Å². The van der Waals surface area contributed by atoms with Gasteiger partial charge < -0.3 is 21.3 Å². The number of benzene rings is 1. The van der Waals surface area contributed by atoms with E-state index in [0.717, 1.165) is 36.6 Å². The van der Waals surface area contributed by atoms with Crippen molar-refractivity contribution in [3.8, 4) is 0 Å². The molecule has 29 heavy (non-hydrogen) atoms. The third-order valence-electron chi connectivity index (χ3n) is 5.03. The molecule has 2 aromatic rings. The van der Waals surface area contributed by atoms with Crippen LogP contribution in [0.1, 0.15) is 46.5 Å². The average Bonchev–Trinajstić information content (AvgIpc) is 2.66. The number of rotatable bonds is 6. The second kappa shape index (κ2) is 9.13. The maximum absolute atomic E-state index is 12.5. The summed E-state index contributed by atoms with van der Waals surface area (Å²) >= 11 is 6.12. The smallest absolute Gasteiger partial charge is 0.239 e. The van der Waals surface area contributed by atoms with Gasteiger partial charge in [-0.1, -0.05) is 11.6 Å². The predicted molar refractivity (Wildman–Crippen MR) is 120 cm³/mol. The van der Waals surface area contributed by atoms with Gasteiger partial charge in [-0.15, -0.1) is 0 Å². The fourth-order valence-electron chi connectivity index (χ4n) is 3.78. The Morgan fingerprint density at radius 3 is 2.48 bits per heavy atom. The minimum absolute atomic E-state index is 0.0305. The zero-order valence-corrected chi connectivity index (χ0v) is 18.4. The molecule has 0 bridgehead atoms. The summed E-state index contributed by atoms with van der Waals surface area (Å²) < 4.78 is 0. The Kier molecular flexibility index (Phi) is 6.80. The highest BCUT2D eigenvalue weighted by Crippen LogP contribution is 2.25. The van der Waals surface area contributed by atoms with Gasteiger partial charge in [-0.05, 0) is 64.7 Å². The molecule has 0 atom stereocenters. The minimum atomic E-state index is -0.0305. The van der Waals surface area contributed by atoms with Gasteiger partial charge in [-0.2, -0.15) is 4.98 Å². The van der Waals surface area contributed by atoms with Crippen LogP contribution in [0.3, 0.4) is 0 Å². The lowest BCUT2D eigenvalue weighted by atomic mass is 9.89. The number of carbonyl (C=O) groups excluding carboxylic acids is 1. The Labute approximate surface area is 177 Å². The lowest BCUT2D eigenvalue weighted by molar-refractivity contribution is -0.120. The number of hydrogen-bond donors (Lipinski definition) is 4. The highest BCUT2D eigenvalue weighted by molar-refractivity contribution is 6.31. The molecule has 0 saturated heterocycles. The number of fused-ring (bicyclic) bond motifs is 1. The highest BCUT2D eigenvalue weighted by Gasteiger charge is 2.25. The fraction of sp³-hybridized carbons (Fsp3) is 0.571. The Bertz CT molecular complexity index is 858. The topological polar surface area (TPSA) is 91.0 Å². The quantitative estimate of drug-likeness (QED) is 0.573. The van der Waals surface area contributed by atoms with Crippen LogP contribution in [0.25, 0.3) is 10.9 Å². The van der Waals surface area contributed by atoms with Crippen molar-refractivity contribution >= 4 is 40.2 Å². The molecule has 1 aromatic carbocycles. The number of carbonyl (C=O) groups is 1. The molecule has 8 heteroatoms. The summed E-state index contributed by atoms with van der Waals surface area (Å²) in [4.78, 5) is 21.3. The van der Waals surface area contributed by atoms with Crippen molar-refractivity contribution < 1.29 is 4.79 Å². The molecule has 1 saturated carbocycles. The van der Waals surface area contributed by atoms with Crippen LogP contribution in [0.15, 0.2) is 18.2 Å². The Balaban J connectivity index is 1.55. The molecule has 0 spiro atoms. The van der Waals surface area contributed by atoms with E-state index in [1.54, 1.807) is 19.2 Å². The van der Waals surface area contributed by atoms with Crippen LogP contribution in [0.5, 0.6) is 0 Å². The summed E-state index contributed by atoms with van der Waals surface area (Å²) in [6, 6.07) is 6.19. The van der Waals surface area contributed by atoms with E-state index in [2.05, 4.69) is 52.0 Å². The lowest BCUT2D eigenvalue weighted by Crippen LogP contribution is -2.48. The lowest BCUT2D eigenvalue weighted by Gasteiger charge is -2.34. The number of hydrogen-bond acceptors (Lipinski definition) is 6. The first kappa shape index (κ1) is 21.6. The molecule has 0 radical (unpaired) electrons. The molecule has 1 amide bonds. The van der Waals surface area contributed by atoms with Crippen molar-refractivity contribution in [2.45, 2.75) is 64.1 Å². The molecular weight excluding hydrogens is 388 g/mol. The minimum Gasteiger partial charge on any atom is -0.360 e. The van der Waals surface area contributed by atoms with E-state index in [1.165, 1.54) is 0 Å². The van der Waals surface area contributed by atoms with Gasteiger partial charge in [0.15, 0.2) is 0 Å². The average molecular weight is 419 g/mol. The molecule has 1 fully saturated rings. The van der Waals surface area contributed by atoms with Gasteiger partial charge in [0.1, 0.15) is 5.82 Å². The second-order valence-corrected chi connectivity index (χ2v) is 9.11. The first-order chi connectivity index (χ1) is 13.7. The van der Waals surface area contributed by atoms with Gasteiger partial charge in [0.25, 0.3) is 0 Å². The molecule has 1 aromatic heterocycles. The van der Waals surface area contributed by atoms with E-state index in [-0.39, 0.29) is 24.0 Å². The van der Waals surface area contributed by atoms with E-state index in [9.17, 15) is 4.79 Å². The van der Waals surface area contributed by atoms with Crippen molar-refractivity contribution in [3.05, 3.63) is 23.2 Å². The molecular formula is C21H31ClN6O. The van der Waals surface area contributed by atoms with Crippen LogP contribution in [0.4, 0.5) is 11.8 Å². The normalized spacial score (nSPS) is 19.8. The van der Waals surface area contributed by atoms with Crippen LogP contribution in [-0.4, -0.2) is 47.1 Å². The fourth-order valence-corrected chi connectivity index (χ4v) is 3.96. The molecule has 0 unspecified atom stereocenters. The summed E-state index contributed by atoms with van der Waals surface area (Å²) in [5.41, 5.74) is 0.890. The van der Waals surface area contributed by atoms with Crippen molar-refractivity contribution in [3.63, 3.8) is 0 Å². The molecule has 158 valence electrons. The van der Waals surface area contributed by atoms with Gasteiger partial charge in [-0.25, -0.2) is 4.98 Å². The second-order valence-electron chi connectivity index (χ2n) is 8.67. The molecule has 4 N–H and O–H groups in total. The van der Waals surface area contributed by atoms with Crippen molar-refractivity contribution in [1.82, 2.24) is 20.6 Å². The third kappa shape index (κ3) is 6.18. The SMILES string of the molecule is CNc1nc(NCC(=O)NC2CCC(NC(C)(C)C)CC2)c2cc(Cl)ccc2n1. The van der Waals surface area contributed by atoms with E-state index in [4.69, 9.17) is 11.6 Å². The number of nitrogens with zero attached hydrogens (tertiary/aromatic N) is 2. The van der Waals surface area contributed by atoms with Crippen molar-refractivity contribution in [1.29, 1.82) is 0 Å².